The molecule has 4 nitrogen and oxygen atoms in total. The first kappa shape index (κ1) is 13.2. The molecule has 0 aliphatic carbocycles. The van der Waals surface area contributed by atoms with Gasteiger partial charge in [0.05, 0.1) is 0 Å². The van der Waals surface area contributed by atoms with E-state index in [1.165, 1.54) is 10.9 Å². The molecule has 98 valence electrons. The molecule has 0 aliphatic rings. The highest BCUT2D eigenvalue weighted by Gasteiger charge is 2.25. The quantitative estimate of drug-likeness (QED) is 0.854. The third-order valence-electron chi connectivity index (χ3n) is 3.42. The van der Waals surface area contributed by atoms with Crippen LogP contribution in [0.25, 0.3) is 10.9 Å². The van der Waals surface area contributed by atoms with Crippen LogP contribution in [0.1, 0.15) is 19.4 Å². The molecule has 0 unspecified atom stereocenters. The Labute approximate surface area is 112 Å². The molecule has 0 fully saturated rings. The molecule has 0 radical (unpaired) electrons. The maximum Gasteiger partial charge on any atom is 0.322 e. The van der Waals surface area contributed by atoms with Crippen LogP contribution >= 0.6 is 0 Å². The van der Waals surface area contributed by atoms with Crippen molar-refractivity contribution in [2.75, 3.05) is 6.54 Å². The van der Waals surface area contributed by atoms with E-state index in [1.807, 2.05) is 19.2 Å². The number of aryl methyl sites for hydroxylation is 1. The average molecular weight is 255 g/mol. The number of rotatable bonds is 3. The highest BCUT2D eigenvalue weighted by molar-refractivity contribution is 5.91. The number of carbonyl (C=O) groups excluding carboxylic acids is 1. The molecule has 0 saturated carbocycles. The summed E-state index contributed by atoms with van der Waals surface area (Å²) < 4.78 is 2.08. The highest BCUT2D eigenvalue weighted by Crippen LogP contribution is 2.31. The van der Waals surface area contributed by atoms with Gasteiger partial charge in [-0.25, -0.2) is 0 Å². The van der Waals surface area contributed by atoms with Gasteiger partial charge in [0, 0.05) is 36.1 Å². The number of hydrogen-bond acceptors (Lipinski definition) is 2. The maximum atomic E-state index is 11.1. The summed E-state index contributed by atoms with van der Waals surface area (Å²) in [7, 11) is 2.01. The average Bonchev–Trinajstić information content (AvgIpc) is 2.75. The van der Waals surface area contributed by atoms with Gasteiger partial charge >= 0.3 is 5.91 Å². The van der Waals surface area contributed by atoms with E-state index >= 15 is 0 Å². The highest BCUT2D eigenvalue weighted by atomic mass is 16.1. The van der Waals surface area contributed by atoms with Crippen molar-refractivity contribution in [3.05, 3.63) is 36.0 Å². The number of nitrogens with zero attached hydrogens (tertiary/aromatic N) is 2. The minimum absolute atomic E-state index is 0.229. The van der Waals surface area contributed by atoms with Gasteiger partial charge in [-0.3, -0.25) is 4.79 Å². The van der Waals surface area contributed by atoms with Crippen LogP contribution in [0.5, 0.6) is 0 Å². The van der Waals surface area contributed by atoms with E-state index in [0.717, 1.165) is 5.52 Å². The van der Waals surface area contributed by atoms with Gasteiger partial charge in [-0.2, -0.15) is 5.26 Å². The number of hydrogen-bond donors (Lipinski definition) is 1. The molecule has 4 heteroatoms. The smallest absolute Gasteiger partial charge is 0.322 e. The van der Waals surface area contributed by atoms with E-state index in [9.17, 15) is 4.79 Å². The van der Waals surface area contributed by atoms with Gasteiger partial charge in [0.15, 0.2) is 6.07 Å². The normalized spacial score (nSPS) is 11.3. The Kier molecular flexibility index (Phi) is 3.30. The van der Waals surface area contributed by atoms with Crippen LogP contribution in [-0.2, 0) is 17.3 Å². The van der Waals surface area contributed by atoms with Crippen LogP contribution in [0.2, 0.25) is 0 Å². The molecular weight excluding hydrogens is 238 g/mol. The Morgan fingerprint density at radius 2 is 2.11 bits per heavy atom. The van der Waals surface area contributed by atoms with Crippen molar-refractivity contribution < 1.29 is 4.79 Å². The van der Waals surface area contributed by atoms with Crippen LogP contribution in [-0.4, -0.2) is 17.0 Å². The summed E-state index contributed by atoms with van der Waals surface area (Å²) in [6.45, 7) is 4.56. The molecule has 1 N–H and O–H groups in total. The molecule has 0 saturated heterocycles. The van der Waals surface area contributed by atoms with Crippen LogP contribution < -0.4 is 5.32 Å². The first-order valence-electron chi connectivity index (χ1n) is 6.18. The molecule has 0 atom stereocenters. The minimum Gasteiger partial charge on any atom is -0.350 e. The molecule has 1 aromatic heterocycles. The molecule has 0 aliphatic heterocycles. The maximum absolute atomic E-state index is 11.1. The van der Waals surface area contributed by atoms with Crippen molar-refractivity contribution in [3.63, 3.8) is 0 Å². The third-order valence-corrected chi connectivity index (χ3v) is 3.42. The van der Waals surface area contributed by atoms with E-state index in [-0.39, 0.29) is 5.41 Å². The van der Waals surface area contributed by atoms with E-state index in [0.29, 0.717) is 6.54 Å². The molecule has 0 bridgehead atoms. The molecule has 2 aromatic rings. The lowest BCUT2D eigenvalue weighted by Crippen LogP contribution is -2.35. The fourth-order valence-electron chi connectivity index (χ4n) is 2.32. The van der Waals surface area contributed by atoms with Gasteiger partial charge in [-0.05, 0) is 11.6 Å². The Morgan fingerprint density at radius 3 is 2.79 bits per heavy atom. The Hall–Kier alpha value is -2.28. The van der Waals surface area contributed by atoms with E-state index in [2.05, 4.69) is 42.1 Å². The van der Waals surface area contributed by atoms with Gasteiger partial charge in [0.25, 0.3) is 0 Å². The summed E-state index contributed by atoms with van der Waals surface area (Å²) in [5.41, 5.74) is 2.11. The molecule has 1 heterocycles. The van der Waals surface area contributed by atoms with Crippen molar-refractivity contribution in [2.45, 2.75) is 19.3 Å². The molecule has 1 amide bonds. The first-order chi connectivity index (χ1) is 8.95. The van der Waals surface area contributed by atoms with Crippen LogP contribution in [0.15, 0.2) is 30.5 Å². The zero-order valence-electron chi connectivity index (χ0n) is 11.4. The number of fused-ring (bicyclic) bond motifs is 1. The zero-order valence-corrected chi connectivity index (χ0v) is 11.4. The lowest BCUT2D eigenvalue weighted by Gasteiger charge is -2.24. The summed E-state index contributed by atoms with van der Waals surface area (Å²) in [5.74, 6) is -0.590. The first-order valence-corrected chi connectivity index (χ1v) is 6.18. The zero-order chi connectivity index (χ0) is 14.0. The fourth-order valence-corrected chi connectivity index (χ4v) is 2.32. The second kappa shape index (κ2) is 4.77. The van der Waals surface area contributed by atoms with E-state index < -0.39 is 5.91 Å². The van der Waals surface area contributed by atoms with Crippen molar-refractivity contribution in [1.29, 1.82) is 5.26 Å². The number of nitrogens with one attached hydrogen (secondary N) is 1. The summed E-state index contributed by atoms with van der Waals surface area (Å²) in [4.78, 5) is 11.1. The standard InChI is InChI=1S/C15H17N3O/c1-15(2,10-17-14(19)8-16)12-9-18(3)13-7-5-4-6-11(12)13/h4-7,9H,10H2,1-3H3,(H,17,19). The number of benzene rings is 1. The molecule has 2 rings (SSSR count). The van der Waals surface area contributed by atoms with Crippen molar-refractivity contribution in [3.8, 4) is 6.07 Å². The summed E-state index contributed by atoms with van der Waals surface area (Å²) in [6, 6.07) is 9.75. The number of para-hydroxylation sites is 1. The second-order valence-corrected chi connectivity index (χ2v) is 5.35. The number of nitriles is 1. The van der Waals surface area contributed by atoms with E-state index in [4.69, 9.17) is 5.26 Å². The molecule has 1 aromatic carbocycles. The number of amides is 1. The van der Waals surface area contributed by atoms with Gasteiger partial charge in [-0.1, -0.05) is 32.0 Å². The largest absolute Gasteiger partial charge is 0.350 e. The van der Waals surface area contributed by atoms with E-state index in [1.54, 1.807) is 6.07 Å². The van der Waals surface area contributed by atoms with Crippen LogP contribution in [0.3, 0.4) is 0 Å². The van der Waals surface area contributed by atoms with Crippen molar-refractivity contribution in [2.24, 2.45) is 7.05 Å². The number of aromatic nitrogens is 1. The SMILES string of the molecule is Cn1cc(C(C)(C)CNC(=O)C#N)c2ccccc21. The predicted octanol–water partition coefficient (Wildman–Crippen LogP) is 2.10. The van der Waals surface area contributed by atoms with Gasteiger partial charge in [-0.15, -0.1) is 0 Å². The number of carbonyl (C=O) groups is 1. The molecule has 19 heavy (non-hydrogen) atoms. The van der Waals surface area contributed by atoms with Gasteiger partial charge < -0.3 is 9.88 Å². The fraction of sp³-hybridized carbons (Fsp3) is 0.333. The Bertz CT molecular complexity index is 662. The van der Waals surface area contributed by atoms with Crippen molar-refractivity contribution in [1.82, 2.24) is 9.88 Å². The van der Waals surface area contributed by atoms with Crippen LogP contribution in [0, 0.1) is 11.3 Å². The molecular formula is C15H17N3O. The monoisotopic (exact) mass is 255 g/mol. The second-order valence-electron chi connectivity index (χ2n) is 5.35. The summed E-state index contributed by atoms with van der Waals surface area (Å²) in [5, 5.41) is 12.3. The summed E-state index contributed by atoms with van der Waals surface area (Å²) in [6.07, 6.45) is 2.09. The van der Waals surface area contributed by atoms with Crippen molar-refractivity contribution >= 4 is 16.8 Å². The summed E-state index contributed by atoms with van der Waals surface area (Å²) >= 11 is 0. The predicted molar refractivity (Wildman–Crippen MR) is 74.6 cm³/mol. The Morgan fingerprint density at radius 1 is 1.42 bits per heavy atom. The lowest BCUT2D eigenvalue weighted by molar-refractivity contribution is -0.116. The Balaban J connectivity index is 2.38. The molecule has 0 spiro atoms. The van der Waals surface area contributed by atoms with Crippen LogP contribution in [0.4, 0.5) is 0 Å². The van der Waals surface area contributed by atoms with Gasteiger partial charge in [0.1, 0.15) is 0 Å². The third kappa shape index (κ3) is 2.45. The topological polar surface area (TPSA) is 57.8 Å². The minimum atomic E-state index is -0.590. The van der Waals surface area contributed by atoms with Gasteiger partial charge in [0.2, 0.25) is 0 Å². The lowest BCUT2D eigenvalue weighted by atomic mass is 9.84.